The van der Waals surface area contributed by atoms with Gasteiger partial charge in [0, 0.05) is 6.42 Å². The predicted octanol–water partition coefficient (Wildman–Crippen LogP) is 3.05. The van der Waals surface area contributed by atoms with Crippen molar-refractivity contribution in [1.82, 2.24) is 0 Å². The van der Waals surface area contributed by atoms with Crippen LogP contribution in [0.4, 0.5) is 0 Å². The Kier molecular flexibility index (Phi) is 3.67. The molecule has 1 aliphatic rings. The fraction of sp³-hybridized carbons (Fsp3) is 0.500. The minimum Gasteiger partial charge on any atom is -0.493 e. The van der Waals surface area contributed by atoms with Crippen LogP contribution in [-0.4, -0.2) is 17.7 Å². The van der Waals surface area contributed by atoms with Crippen LogP contribution in [0.15, 0.2) is 24.3 Å². The Morgan fingerprint density at radius 2 is 2.29 bits per heavy atom. The number of carboxylic acids is 1. The van der Waals surface area contributed by atoms with Gasteiger partial charge in [-0.25, -0.2) is 0 Å². The molecule has 3 heteroatoms. The van der Waals surface area contributed by atoms with Gasteiger partial charge in [0.05, 0.1) is 6.61 Å². The molecule has 1 aliphatic heterocycles. The van der Waals surface area contributed by atoms with Crippen LogP contribution in [0.2, 0.25) is 0 Å². The number of carbonyl (C=O) groups is 1. The molecule has 1 heterocycles. The summed E-state index contributed by atoms with van der Waals surface area (Å²) in [6.45, 7) is 2.74. The van der Waals surface area contributed by atoms with E-state index in [4.69, 9.17) is 9.84 Å². The number of hydrogen-bond donors (Lipinski definition) is 1. The highest BCUT2D eigenvalue weighted by Gasteiger charge is 2.23. The van der Waals surface area contributed by atoms with E-state index < -0.39 is 5.97 Å². The Bertz CT molecular complexity index is 400. The first-order valence-electron chi connectivity index (χ1n) is 6.10. The molecule has 0 bridgehead atoms. The van der Waals surface area contributed by atoms with E-state index in [1.165, 1.54) is 5.56 Å². The molecule has 2 atom stereocenters. The summed E-state index contributed by atoms with van der Waals surface area (Å²) in [6.07, 6.45) is 2.16. The van der Waals surface area contributed by atoms with Crippen molar-refractivity contribution in [1.29, 1.82) is 0 Å². The third kappa shape index (κ3) is 2.99. The van der Waals surface area contributed by atoms with E-state index in [0.717, 1.165) is 25.2 Å². The summed E-state index contributed by atoms with van der Waals surface area (Å²) in [6, 6.07) is 8.07. The van der Waals surface area contributed by atoms with Crippen LogP contribution in [0.5, 0.6) is 5.75 Å². The summed E-state index contributed by atoms with van der Waals surface area (Å²) in [7, 11) is 0. The van der Waals surface area contributed by atoms with Gasteiger partial charge in [0.15, 0.2) is 0 Å². The van der Waals surface area contributed by atoms with Crippen molar-refractivity contribution in [3.8, 4) is 5.75 Å². The van der Waals surface area contributed by atoms with Crippen molar-refractivity contribution < 1.29 is 14.6 Å². The zero-order valence-corrected chi connectivity index (χ0v) is 10.1. The second-order valence-corrected chi connectivity index (χ2v) is 4.81. The lowest BCUT2D eigenvalue weighted by Crippen LogP contribution is -2.17. The van der Waals surface area contributed by atoms with Gasteiger partial charge in [0.1, 0.15) is 5.75 Å². The maximum absolute atomic E-state index is 10.7. The van der Waals surface area contributed by atoms with Crippen LogP contribution >= 0.6 is 0 Å². The number of aliphatic carboxylic acids is 1. The Morgan fingerprint density at radius 1 is 1.53 bits per heavy atom. The molecule has 3 nitrogen and oxygen atoms in total. The van der Waals surface area contributed by atoms with Gasteiger partial charge < -0.3 is 9.84 Å². The van der Waals surface area contributed by atoms with Gasteiger partial charge in [0.25, 0.3) is 0 Å². The fourth-order valence-corrected chi connectivity index (χ4v) is 2.53. The number of fused-ring (bicyclic) bond motifs is 1. The van der Waals surface area contributed by atoms with Crippen molar-refractivity contribution >= 4 is 5.97 Å². The molecule has 0 aromatic heterocycles. The number of rotatable bonds is 4. The van der Waals surface area contributed by atoms with Crippen molar-refractivity contribution in [3.05, 3.63) is 29.8 Å². The zero-order chi connectivity index (χ0) is 12.3. The molecule has 0 amide bonds. The van der Waals surface area contributed by atoms with E-state index in [1.54, 1.807) is 0 Å². The molecule has 0 spiro atoms. The Labute approximate surface area is 101 Å². The number of benzene rings is 1. The third-order valence-corrected chi connectivity index (χ3v) is 3.29. The quantitative estimate of drug-likeness (QED) is 0.871. The largest absolute Gasteiger partial charge is 0.493 e. The van der Waals surface area contributed by atoms with E-state index in [2.05, 4.69) is 6.07 Å². The monoisotopic (exact) mass is 234 g/mol. The Hall–Kier alpha value is -1.51. The number of carboxylic acid groups (broad SMARTS) is 1. The van der Waals surface area contributed by atoms with Gasteiger partial charge in [-0.05, 0) is 36.3 Å². The second-order valence-electron chi connectivity index (χ2n) is 4.81. The lowest BCUT2D eigenvalue weighted by molar-refractivity contribution is -0.138. The number of hydrogen-bond acceptors (Lipinski definition) is 2. The first-order valence-corrected chi connectivity index (χ1v) is 6.10. The second kappa shape index (κ2) is 5.21. The van der Waals surface area contributed by atoms with Gasteiger partial charge in [0.2, 0.25) is 0 Å². The summed E-state index contributed by atoms with van der Waals surface area (Å²) < 4.78 is 5.60. The van der Waals surface area contributed by atoms with Crippen LogP contribution in [0.3, 0.4) is 0 Å². The van der Waals surface area contributed by atoms with Crippen molar-refractivity contribution in [2.75, 3.05) is 6.61 Å². The molecule has 17 heavy (non-hydrogen) atoms. The maximum Gasteiger partial charge on any atom is 0.303 e. The molecular weight excluding hydrogens is 216 g/mol. The van der Waals surface area contributed by atoms with Crippen LogP contribution in [0.1, 0.15) is 37.7 Å². The first kappa shape index (κ1) is 12.0. The summed E-state index contributed by atoms with van der Waals surface area (Å²) in [4.78, 5) is 10.7. The van der Waals surface area contributed by atoms with Gasteiger partial charge in [-0.2, -0.15) is 0 Å². The summed E-state index contributed by atoms with van der Waals surface area (Å²) in [5, 5.41) is 8.78. The molecule has 0 radical (unpaired) electrons. The minimum absolute atomic E-state index is 0.212. The highest BCUT2D eigenvalue weighted by molar-refractivity contribution is 5.66. The number of ether oxygens (including phenoxy) is 1. The topological polar surface area (TPSA) is 46.5 Å². The molecule has 0 saturated carbocycles. The van der Waals surface area contributed by atoms with E-state index in [0.29, 0.717) is 5.92 Å². The van der Waals surface area contributed by atoms with Gasteiger partial charge in [-0.1, -0.05) is 25.1 Å². The average Bonchev–Trinajstić information content (AvgIpc) is 2.28. The molecule has 0 saturated heterocycles. The van der Waals surface area contributed by atoms with E-state index in [-0.39, 0.29) is 12.3 Å². The summed E-state index contributed by atoms with van der Waals surface area (Å²) in [5.74, 6) is 0.905. The first-order chi connectivity index (χ1) is 8.16. The fourth-order valence-electron chi connectivity index (χ4n) is 2.53. The van der Waals surface area contributed by atoms with Crippen molar-refractivity contribution in [2.24, 2.45) is 5.92 Å². The predicted molar refractivity (Wildman–Crippen MR) is 65.3 cm³/mol. The Balaban J connectivity index is 2.05. The highest BCUT2D eigenvalue weighted by atomic mass is 16.5. The zero-order valence-electron chi connectivity index (χ0n) is 10.1. The molecule has 0 fully saturated rings. The smallest absolute Gasteiger partial charge is 0.303 e. The normalized spacial score (nSPS) is 20.2. The van der Waals surface area contributed by atoms with Gasteiger partial charge in [-0.3, -0.25) is 4.79 Å². The molecule has 0 aliphatic carbocycles. The van der Waals surface area contributed by atoms with E-state index >= 15 is 0 Å². The van der Waals surface area contributed by atoms with Gasteiger partial charge in [-0.15, -0.1) is 0 Å². The lowest BCUT2D eigenvalue weighted by Gasteiger charge is -2.27. The number of para-hydroxylation sites is 1. The molecule has 1 N–H and O–H groups in total. The molecule has 1 aromatic carbocycles. The van der Waals surface area contributed by atoms with Gasteiger partial charge >= 0.3 is 5.97 Å². The third-order valence-electron chi connectivity index (χ3n) is 3.29. The van der Waals surface area contributed by atoms with Crippen molar-refractivity contribution in [3.63, 3.8) is 0 Å². The standard InChI is InChI=1S/C14H18O3/c1-10(9-14(15)16)8-11-6-7-17-13-5-3-2-4-12(11)13/h2-5,10-11H,6-9H2,1H3,(H,15,16). The summed E-state index contributed by atoms with van der Waals surface area (Å²) in [5.41, 5.74) is 1.23. The molecule has 92 valence electrons. The van der Waals surface area contributed by atoms with E-state index in [9.17, 15) is 4.79 Å². The molecular formula is C14H18O3. The average molecular weight is 234 g/mol. The Morgan fingerprint density at radius 3 is 3.06 bits per heavy atom. The van der Waals surface area contributed by atoms with Crippen LogP contribution in [0.25, 0.3) is 0 Å². The van der Waals surface area contributed by atoms with Crippen molar-refractivity contribution in [2.45, 2.75) is 32.1 Å². The highest BCUT2D eigenvalue weighted by Crippen LogP contribution is 2.37. The maximum atomic E-state index is 10.7. The minimum atomic E-state index is -0.710. The van der Waals surface area contributed by atoms with Crippen LogP contribution in [0, 0.1) is 5.92 Å². The van der Waals surface area contributed by atoms with E-state index in [1.807, 2.05) is 25.1 Å². The van der Waals surface area contributed by atoms with Crippen LogP contribution < -0.4 is 4.74 Å². The summed E-state index contributed by atoms with van der Waals surface area (Å²) >= 11 is 0. The molecule has 2 unspecified atom stereocenters. The van der Waals surface area contributed by atoms with Crippen LogP contribution in [-0.2, 0) is 4.79 Å². The lowest BCUT2D eigenvalue weighted by atomic mass is 9.84. The molecule has 1 aromatic rings. The SMILES string of the molecule is CC(CC(=O)O)CC1CCOc2ccccc21. The molecule has 2 rings (SSSR count).